The van der Waals surface area contributed by atoms with Crippen molar-refractivity contribution < 1.29 is 32.2 Å². The third-order valence-electron chi connectivity index (χ3n) is 4.22. The second-order valence-corrected chi connectivity index (χ2v) is 6.69. The zero-order valence-corrected chi connectivity index (χ0v) is 15.8. The molecule has 0 aliphatic carbocycles. The number of benzene rings is 1. The number of nitrogens with one attached hydrogen (secondary N) is 1. The fourth-order valence-electron chi connectivity index (χ4n) is 2.76. The molecule has 1 N–H and O–H groups in total. The number of carbonyl (C=O) groups excluding carboxylic acids is 1. The maximum Gasteiger partial charge on any atom is 0.422 e. The summed E-state index contributed by atoms with van der Waals surface area (Å²) >= 11 is 0. The molecule has 29 heavy (non-hydrogen) atoms. The Bertz CT molecular complexity index is 835. The van der Waals surface area contributed by atoms with E-state index in [2.05, 4.69) is 15.0 Å². The van der Waals surface area contributed by atoms with Crippen LogP contribution in [0.2, 0.25) is 0 Å². The number of amides is 1. The molecule has 2 aromatic rings. The highest BCUT2D eigenvalue weighted by atomic mass is 19.4. The largest absolute Gasteiger partial charge is 0.489 e. The normalized spacial score (nSPS) is 16.5. The third kappa shape index (κ3) is 6.35. The number of halogens is 3. The van der Waals surface area contributed by atoms with Crippen LogP contribution in [-0.4, -0.2) is 43.0 Å². The van der Waals surface area contributed by atoms with Crippen molar-refractivity contribution in [2.24, 2.45) is 0 Å². The van der Waals surface area contributed by atoms with Crippen LogP contribution in [0.3, 0.4) is 0 Å². The van der Waals surface area contributed by atoms with E-state index in [1.54, 1.807) is 6.07 Å². The van der Waals surface area contributed by atoms with Crippen LogP contribution in [0.5, 0.6) is 11.6 Å². The molecule has 3 rings (SSSR count). The van der Waals surface area contributed by atoms with Crippen molar-refractivity contribution in [2.45, 2.75) is 32.0 Å². The number of aryl methyl sites for hydroxylation is 1. The Balaban J connectivity index is 1.63. The molecule has 1 aliphatic rings. The van der Waals surface area contributed by atoms with Gasteiger partial charge < -0.3 is 19.5 Å². The molecule has 1 fully saturated rings. The summed E-state index contributed by atoms with van der Waals surface area (Å²) in [6.07, 6.45) is -1.33. The highest BCUT2D eigenvalue weighted by Gasteiger charge is 2.28. The molecule has 1 unspecified atom stereocenters. The van der Waals surface area contributed by atoms with Crippen molar-refractivity contribution in [3.63, 3.8) is 0 Å². The van der Waals surface area contributed by atoms with Gasteiger partial charge in [0.1, 0.15) is 12.4 Å². The van der Waals surface area contributed by atoms with Gasteiger partial charge in [-0.25, -0.2) is 4.98 Å². The lowest BCUT2D eigenvalue weighted by Gasteiger charge is -2.16. The van der Waals surface area contributed by atoms with Gasteiger partial charge in [0.15, 0.2) is 6.61 Å². The molecule has 1 aliphatic heterocycles. The summed E-state index contributed by atoms with van der Waals surface area (Å²) in [7, 11) is 0. The minimum Gasteiger partial charge on any atom is -0.489 e. The molecule has 0 saturated carbocycles. The SMILES string of the molecule is Cc1ccc(NC(=O)c2ccc(OCC(F)(F)F)nc2)c(OCC2CCCO2)c1. The first kappa shape index (κ1) is 20.9. The van der Waals surface area contributed by atoms with Crippen LogP contribution >= 0.6 is 0 Å². The molecule has 156 valence electrons. The second kappa shape index (κ2) is 9.13. The van der Waals surface area contributed by atoms with Gasteiger partial charge in [0, 0.05) is 18.9 Å². The van der Waals surface area contributed by atoms with Crippen LogP contribution in [0, 0.1) is 6.92 Å². The fourth-order valence-corrected chi connectivity index (χ4v) is 2.76. The van der Waals surface area contributed by atoms with E-state index in [0.29, 0.717) is 18.0 Å². The number of hydrogen-bond donors (Lipinski definition) is 1. The van der Waals surface area contributed by atoms with Crippen molar-refractivity contribution in [1.82, 2.24) is 4.98 Å². The molecule has 0 bridgehead atoms. The van der Waals surface area contributed by atoms with Gasteiger partial charge in [-0.15, -0.1) is 0 Å². The topological polar surface area (TPSA) is 69.7 Å². The molecular formula is C20H21F3N2O4. The van der Waals surface area contributed by atoms with Crippen molar-refractivity contribution >= 4 is 11.6 Å². The average Bonchev–Trinajstić information content (AvgIpc) is 3.20. The number of nitrogens with zero attached hydrogens (tertiary/aromatic N) is 1. The van der Waals surface area contributed by atoms with Crippen LogP contribution < -0.4 is 14.8 Å². The van der Waals surface area contributed by atoms with E-state index in [9.17, 15) is 18.0 Å². The molecule has 0 radical (unpaired) electrons. The third-order valence-corrected chi connectivity index (χ3v) is 4.22. The lowest BCUT2D eigenvalue weighted by molar-refractivity contribution is -0.154. The van der Waals surface area contributed by atoms with E-state index >= 15 is 0 Å². The minimum atomic E-state index is -4.46. The Morgan fingerprint density at radius 2 is 2.10 bits per heavy atom. The van der Waals surface area contributed by atoms with Gasteiger partial charge in [0.25, 0.3) is 5.91 Å². The molecule has 2 heterocycles. The van der Waals surface area contributed by atoms with Gasteiger partial charge >= 0.3 is 6.18 Å². The van der Waals surface area contributed by atoms with Crippen molar-refractivity contribution in [3.8, 4) is 11.6 Å². The summed E-state index contributed by atoms with van der Waals surface area (Å²) in [6.45, 7) is 1.58. The van der Waals surface area contributed by atoms with Crippen LogP contribution in [0.1, 0.15) is 28.8 Å². The number of pyridine rings is 1. The van der Waals surface area contributed by atoms with Crippen LogP contribution in [-0.2, 0) is 4.74 Å². The minimum absolute atomic E-state index is 0.0347. The predicted octanol–water partition coefficient (Wildman–Crippen LogP) is 4.14. The maximum atomic E-state index is 12.5. The van der Waals surface area contributed by atoms with Crippen molar-refractivity contribution in [3.05, 3.63) is 47.7 Å². The van der Waals surface area contributed by atoms with Gasteiger partial charge in [-0.3, -0.25) is 4.79 Å². The highest BCUT2D eigenvalue weighted by Crippen LogP contribution is 2.27. The summed E-state index contributed by atoms with van der Waals surface area (Å²) in [6, 6.07) is 7.93. The summed E-state index contributed by atoms with van der Waals surface area (Å²) in [5, 5.41) is 2.74. The number of ether oxygens (including phenoxy) is 3. The first-order valence-corrected chi connectivity index (χ1v) is 9.12. The van der Waals surface area contributed by atoms with Gasteiger partial charge in [0.05, 0.1) is 17.4 Å². The van der Waals surface area contributed by atoms with Crippen molar-refractivity contribution in [1.29, 1.82) is 0 Å². The number of rotatable bonds is 7. The summed E-state index contributed by atoms with van der Waals surface area (Å²) in [5.41, 5.74) is 1.63. The molecule has 9 heteroatoms. The molecule has 1 aromatic heterocycles. The van der Waals surface area contributed by atoms with E-state index in [1.165, 1.54) is 12.1 Å². The summed E-state index contributed by atoms with van der Waals surface area (Å²) in [5.74, 6) is -0.160. The number of carbonyl (C=O) groups is 1. The lowest BCUT2D eigenvalue weighted by Crippen LogP contribution is -2.20. The van der Waals surface area contributed by atoms with E-state index < -0.39 is 18.7 Å². The van der Waals surface area contributed by atoms with E-state index in [-0.39, 0.29) is 17.5 Å². The summed E-state index contributed by atoms with van der Waals surface area (Å²) < 4.78 is 52.5. The first-order chi connectivity index (χ1) is 13.8. The van der Waals surface area contributed by atoms with E-state index in [4.69, 9.17) is 9.47 Å². The molecule has 1 saturated heterocycles. The highest BCUT2D eigenvalue weighted by molar-refractivity contribution is 6.04. The number of anilines is 1. The standard InChI is InChI=1S/C20H21F3N2O4/c1-13-4-6-16(17(9-13)28-11-15-3-2-8-27-15)25-19(26)14-5-7-18(24-10-14)29-12-20(21,22)23/h4-7,9-10,15H,2-3,8,11-12H2,1H3,(H,25,26). The Kier molecular flexibility index (Phi) is 6.58. The predicted molar refractivity (Wildman–Crippen MR) is 99.4 cm³/mol. The van der Waals surface area contributed by atoms with Gasteiger partial charge in [0.2, 0.25) is 5.88 Å². The average molecular weight is 410 g/mol. The Hall–Kier alpha value is -2.81. The zero-order chi connectivity index (χ0) is 20.9. The second-order valence-electron chi connectivity index (χ2n) is 6.69. The zero-order valence-electron chi connectivity index (χ0n) is 15.8. The Labute approximate surface area is 166 Å². The number of hydrogen-bond acceptors (Lipinski definition) is 5. The summed E-state index contributed by atoms with van der Waals surface area (Å²) in [4.78, 5) is 16.2. The fraction of sp³-hybridized carbons (Fsp3) is 0.400. The van der Waals surface area contributed by atoms with Crippen LogP contribution in [0.4, 0.5) is 18.9 Å². The van der Waals surface area contributed by atoms with Crippen molar-refractivity contribution in [2.75, 3.05) is 25.1 Å². The monoisotopic (exact) mass is 410 g/mol. The Morgan fingerprint density at radius 3 is 2.76 bits per heavy atom. The number of aromatic nitrogens is 1. The van der Waals surface area contributed by atoms with Gasteiger partial charge in [-0.2, -0.15) is 13.2 Å². The van der Waals surface area contributed by atoms with Crippen LogP contribution in [0.25, 0.3) is 0 Å². The molecule has 6 nitrogen and oxygen atoms in total. The number of alkyl halides is 3. The first-order valence-electron chi connectivity index (χ1n) is 9.12. The van der Waals surface area contributed by atoms with Gasteiger partial charge in [-0.05, 0) is 43.5 Å². The van der Waals surface area contributed by atoms with Gasteiger partial charge in [-0.1, -0.05) is 6.07 Å². The molecular weight excluding hydrogens is 389 g/mol. The van der Waals surface area contributed by atoms with E-state index in [0.717, 1.165) is 31.2 Å². The smallest absolute Gasteiger partial charge is 0.422 e. The van der Waals surface area contributed by atoms with Crippen LogP contribution in [0.15, 0.2) is 36.5 Å². The maximum absolute atomic E-state index is 12.5. The molecule has 1 amide bonds. The molecule has 0 spiro atoms. The quantitative estimate of drug-likeness (QED) is 0.743. The molecule has 1 aromatic carbocycles. The molecule has 1 atom stereocenters. The Morgan fingerprint density at radius 1 is 1.28 bits per heavy atom. The lowest BCUT2D eigenvalue weighted by atomic mass is 10.2. The van der Waals surface area contributed by atoms with E-state index in [1.807, 2.05) is 19.1 Å².